The molecular weight excluding hydrogens is 683 g/mol. The Labute approximate surface area is 305 Å². The van der Waals surface area contributed by atoms with Crippen LogP contribution in [0.2, 0.25) is 0 Å². The Morgan fingerprint density at radius 1 is 1.08 bits per heavy atom. The van der Waals surface area contributed by atoms with Crippen molar-refractivity contribution in [3.05, 3.63) is 48.2 Å². The van der Waals surface area contributed by atoms with Gasteiger partial charge in [0.15, 0.2) is 12.4 Å². The van der Waals surface area contributed by atoms with E-state index in [1.54, 1.807) is 6.20 Å². The highest BCUT2D eigenvalue weighted by Crippen LogP contribution is 2.53. The monoisotopic (exact) mass is 725 g/mol. The number of amides is 1. The number of hydrogen-bond donors (Lipinski definition) is 1. The second-order valence-electron chi connectivity index (χ2n) is 15.7. The summed E-state index contributed by atoms with van der Waals surface area (Å²) in [6, 6.07) is 8.66. The predicted octanol–water partition coefficient (Wildman–Crippen LogP) is 5.95. The van der Waals surface area contributed by atoms with Crippen molar-refractivity contribution < 1.29 is 22.7 Å². The second-order valence-corrected chi connectivity index (χ2v) is 15.7. The van der Waals surface area contributed by atoms with Crippen LogP contribution in [-0.4, -0.2) is 107 Å². The number of aromatic amines is 1. The molecule has 4 saturated heterocycles. The number of ether oxygens (including phenoxy) is 1. The molecule has 11 nitrogen and oxygen atoms in total. The molecule has 0 unspecified atom stereocenters. The number of likely N-dealkylation sites (tertiary alicyclic amines) is 2. The molecule has 1 spiro atoms. The maximum absolute atomic E-state index is 14.1. The zero-order chi connectivity index (χ0) is 36.6. The molecule has 1 amide bonds. The van der Waals surface area contributed by atoms with Crippen molar-refractivity contribution in [2.75, 3.05) is 68.8 Å². The molecule has 5 fully saturated rings. The highest BCUT2D eigenvalue weighted by Gasteiger charge is 2.47. The zero-order valence-corrected chi connectivity index (χ0v) is 29.8. The molecule has 4 aromatic rings. The van der Waals surface area contributed by atoms with Crippen LogP contribution < -0.4 is 14.5 Å². The van der Waals surface area contributed by atoms with Gasteiger partial charge in [-0.3, -0.25) is 14.8 Å². The molecule has 1 aliphatic carbocycles. The summed E-state index contributed by atoms with van der Waals surface area (Å²) in [6.07, 6.45) is 2.96. The van der Waals surface area contributed by atoms with Crippen molar-refractivity contribution in [1.82, 2.24) is 30.0 Å². The lowest BCUT2D eigenvalue weighted by Gasteiger charge is -2.54. The number of benzene rings is 2. The highest BCUT2D eigenvalue weighted by molar-refractivity contribution is 6.06. The van der Waals surface area contributed by atoms with Gasteiger partial charge in [-0.05, 0) is 86.4 Å². The minimum atomic E-state index is -4.57. The number of aryl methyl sites for hydroxylation is 1. The Morgan fingerprint density at radius 2 is 1.85 bits per heavy atom. The Hall–Kier alpha value is -4.90. The van der Waals surface area contributed by atoms with Gasteiger partial charge in [0.1, 0.15) is 11.3 Å². The number of halogens is 3. The number of aromatic nitrogens is 4. The molecule has 0 radical (unpaired) electrons. The number of rotatable bonds is 8. The first-order valence-corrected chi connectivity index (χ1v) is 18.6. The third kappa shape index (κ3) is 6.02. The van der Waals surface area contributed by atoms with E-state index in [2.05, 4.69) is 43.6 Å². The van der Waals surface area contributed by atoms with Crippen molar-refractivity contribution in [2.24, 2.45) is 11.3 Å². The average molecular weight is 726 g/mol. The first kappa shape index (κ1) is 33.9. The van der Waals surface area contributed by atoms with Gasteiger partial charge in [0.05, 0.1) is 23.7 Å². The van der Waals surface area contributed by atoms with Crippen LogP contribution in [0.15, 0.2) is 37.1 Å². The van der Waals surface area contributed by atoms with Gasteiger partial charge in [0.25, 0.3) is 0 Å². The van der Waals surface area contributed by atoms with Gasteiger partial charge in [-0.15, -0.1) is 0 Å². The number of piperidine rings is 1. The van der Waals surface area contributed by atoms with Gasteiger partial charge in [0, 0.05) is 73.6 Å². The summed E-state index contributed by atoms with van der Waals surface area (Å²) in [5, 5.41) is 18.3. The van der Waals surface area contributed by atoms with Crippen LogP contribution in [0.3, 0.4) is 0 Å². The number of carbonyl (C=O) groups excluding carboxylic acids is 1. The lowest BCUT2D eigenvalue weighted by molar-refractivity contribution is -0.153. The number of hydrogen-bond acceptors (Lipinski definition) is 9. The van der Waals surface area contributed by atoms with Gasteiger partial charge in [-0.2, -0.15) is 28.5 Å². The minimum absolute atomic E-state index is 0.0307. The third-order valence-corrected chi connectivity index (χ3v) is 12.2. The first-order valence-electron chi connectivity index (χ1n) is 18.6. The molecule has 2 aromatic carbocycles. The van der Waals surface area contributed by atoms with Crippen LogP contribution in [0.1, 0.15) is 49.1 Å². The van der Waals surface area contributed by atoms with Gasteiger partial charge >= 0.3 is 6.18 Å². The number of H-pyrrole nitrogens is 1. The third-order valence-electron chi connectivity index (χ3n) is 12.2. The Morgan fingerprint density at radius 3 is 2.53 bits per heavy atom. The van der Waals surface area contributed by atoms with E-state index in [4.69, 9.17) is 14.7 Å². The Kier molecular flexibility index (Phi) is 8.07. The molecule has 6 heterocycles. The van der Waals surface area contributed by atoms with E-state index < -0.39 is 12.8 Å². The van der Waals surface area contributed by atoms with E-state index in [-0.39, 0.29) is 34.9 Å². The van der Waals surface area contributed by atoms with Crippen LogP contribution in [0, 0.1) is 29.6 Å². The van der Waals surface area contributed by atoms with Crippen LogP contribution in [0.4, 0.5) is 24.9 Å². The summed E-state index contributed by atoms with van der Waals surface area (Å²) in [6.45, 7) is 9.88. The molecule has 0 bridgehead atoms. The largest absolute Gasteiger partial charge is 0.481 e. The highest BCUT2D eigenvalue weighted by atomic mass is 19.4. The molecular formula is C39H42F3N9O2. The number of alkyl halides is 3. The van der Waals surface area contributed by atoms with E-state index in [1.807, 2.05) is 24.0 Å². The fourth-order valence-corrected chi connectivity index (χ4v) is 8.97. The normalized spacial score (nSPS) is 21.9. The van der Waals surface area contributed by atoms with Crippen LogP contribution in [0.5, 0.6) is 5.75 Å². The van der Waals surface area contributed by atoms with Crippen LogP contribution in [-0.2, 0) is 4.79 Å². The maximum Gasteiger partial charge on any atom is 0.422 e. The quantitative estimate of drug-likeness (QED) is 0.220. The molecule has 2 aromatic heterocycles. The molecule has 5 aliphatic rings. The average Bonchev–Trinajstić information content (AvgIpc) is 3.65. The minimum Gasteiger partial charge on any atom is -0.481 e. The summed E-state index contributed by atoms with van der Waals surface area (Å²) in [7, 11) is 0. The van der Waals surface area contributed by atoms with E-state index in [1.165, 1.54) is 6.08 Å². The number of fused-ring (bicyclic) bond motifs is 2. The second kappa shape index (κ2) is 12.6. The van der Waals surface area contributed by atoms with Crippen molar-refractivity contribution in [3.63, 3.8) is 0 Å². The lowest BCUT2D eigenvalue weighted by Crippen LogP contribution is -2.61. The summed E-state index contributed by atoms with van der Waals surface area (Å²) >= 11 is 0. The van der Waals surface area contributed by atoms with Crippen molar-refractivity contribution in [2.45, 2.75) is 57.2 Å². The van der Waals surface area contributed by atoms with E-state index in [0.717, 1.165) is 72.8 Å². The van der Waals surface area contributed by atoms with Crippen molar-refractivity contribution in [1.29, 1.82) is 5.26 Å². The molecule has 53 heavy (non-hydrogen) atoms. The van der Waals surface area contributed by atoms with Crippen LogP contribution in [0.25, 0.3) is 32.9 Å². The number of nitrogens with one attached hydrogen (secondary N) is 1. The van der Waals surface area contributed by atoms with Gasteiger partial charge in [-0.25, -0.2) is 4.98 Å². The van der Waals surface area contributed by atoms with E-state index >= 15 is 0 Å². The number of anilines is 2. The van der Waals surface area contributed by atoms with Crippen molar-refractivity contribution >= 4 is 39.5 Å². The summed E-state index contributed by atoms with van der Waals surface area (Å²) < 4.78 is 48.2. The molecule has 276 valence electrons. The molecule has 1 atom stereocenters. The predicted molar refractivity (Wildman–Crippen MR) is 195 cm³/mol. The van der Waals surface area contributed by atoms with Crippen molar-refractivity contribution in [3.8, 4) is 22.9 Å². The summed E-state index contributed by atoms with van der Waals surface area (Å²) in [5.74, 6) is 1.44. The summed E-state index contributed by atoms with van der Waals surface area (Å²) in [5.41, 5.74) is 4.49. The Bertz CT molecular complexity index is 2150. The van der Waals surface area contributed by atoms with Gasteiger partial charge < -0.3 is 19.4 Å². The van der Waals surface area contributed by atoms with Gasteiger partial charge in [0.2, 0.25) is 11.9 Å². The molecule has 1 N–H and O–H groups in total. The Balaban J connectivity index is 1.17. The van der Waals surface area contributed by atoms with E-state index in [9.17, 15) is 23.2 Å². The topological polar surface area (TPSA) is 118 Å². The maximum atomic E-state index is 14.1. The number of nitrogens with zero attached hydrogens (tertiary/aromatic N) is 8. The fraction of sp³-hybridized carbons (Fsp3) is 0.513. The SMILES string of the molecule is C=CC(=O)N1CC2(CCN(c3nc(N4CC(N5CC[C@H](C#N)C5)C4)nc4c(OCC(F)(F)F)c(-c5c(C)ccc6[nH]ncc56)c(C5CC5)cc34)CC2)C1. The smallest absolute Gasteiger partial charge is 0.422 e. The zero-order valence-electron chi connectivity index (χ0n) is 29.8. The fourth-order valence-electron chi connectivity index (χ4n) is 8.97. The molecule has 9 rings (SSSR count). The molecule has 1 saturated carbocycles. The lowest BCUT2D eigenvalue weighted by atomic mass is 9.72. The van der Waals surface area contributed by atoms with Crippen LogP contribution >= 0.6 is 0 Å². The van der Waals surface area contributed by atoms with E-state index in [0.29, 0.717) is 67.5 Å². The number of carbonyl (C=O) groups is 1. The first-order chi connectivity index (χ1) is 25.5. The molecule has 14 heteroatoms. The van der Waals surface area contributed by atoms with Gasteiger partial charge in [-0.1, -0.05) is 12.6 Å². The number of nitriles is 1. The summed E-state index contributed by atoms with van der Waals surface area (Å²) in [4.78, 5) is 31.1. The standard InChI is InChI=1S/C39H42F3N9O2/c1-3-31(52)51-20-38(21-51)9-12-48(13-10-38)36-28-14-27(25-5-6-25)33(32-23(2)4-7-30-29(32)16-44-47-30)35(53-22-39(40,41)42)34(28)45-37(46-36)50-18-26(19-50)49-11-8-24(15-43)17-49/h3-4,7,14,16,24-26H,1,5-6,8-13,17-22H2,2H3,(H,44,47)/t24-/m1/s1. The molecule has 4 aliphatic heterocycles.